The average molecular weight is 355 g/mol. The van der Waals surface area contributed by atoms with Gasteiger partial charge in [0.2, 0.25) is 5.75 Å². The predicted octanol–water partition coefficient (Wildman–Crippen LogP) is 4.26. The van der Waals surface area contributed by atoms with E-state index in [0.717, 1.165) is 26.5 Å². The lowest BCUT2D eigenvalue weighted by atomic mass is 10.1. The number of fused-ring (bicyclic) bond motifs is 2. The molecule has 2 heterocycles. The number of rotatable bonds is 4. The lowest BCUT2D eigenvalue weighted by molar-refractivity contribution is 0.165. The van der Waals surface area contributed by atoms with Crippen LogP contribution in [-0.2, 0) is 0 Å². The van der Waals surface area contributed by atoms with E-state index < -0.39 is 0 Å². The van der Waals surface area contributed by atoms with Gasteiger partial charge in [0.25, 0.3) is 0 Å². The predicted molar refractivity (Wildman–Crippen MR) is 99.1 cm³/mol. The van der Waals surface area contributed by atoms with E-state index in [-0.39, 0.29) is 0 Å². The molecule has 0 bridgehead atoms. The van der Waals surface area contributed by atoms with Crippen molar-refractivity contribution in [2.75, 3.05) is 27.4 Å². The number of hydrogen-bond donors (Lipinski definition) is 0. The van der Waals surface area contributed by atoms with E-state index in [2.05, 4.69) is 4.98 Å². The zero-order valence-corrected chi connectivity index (χ0v) is 14.8. The molecule has 5 nitrogen and oxygen atoms in total. The topological polar surface area (TPSA) is 49.8 Å². The number of hydrogen-bond acceptors (Lipinski definition) is 6. The lowest BCUT2D eigenvalue weighted by Crippen LogP contribution is -2.16. The summed E-state index contributed by atoms with van der Waals surface area (Å²) in [5, 5.41) is 0.928. The summed E-state index contributed by atoms with van der Waals surface area (Å²) in [7, 11) is 3.29. The number of aromatic nitrogens is 1. The van der Waals surface area contributed by atoms with E-state index in [4.69, 9.17) is 18.9 Å². The molecule has 0 atom stereocenters. The van der Waals surface area contributed by atoms with Gasteiger partial charge in [-0.1, -0.05) is 6.08 Å². The molecule has 1 aromatic heterocycles. The summed E-state index contributed by atoms with van der Waals surface area (Å²) in [6.07, 6.45) is 3.98. The molecule has 0 amide bonds. The molecule has 1 aliphatic rings. The first-order valence-electron chi connectivity index (χ1n) is 7.87. The Morgan fingerprint density at radius 3 is 2.76 bits per heavy atom. The Kier molecular flexibility index (Phi) is 4.19. The molecule has 0 radical (unpaired) electrons. The van der Waals surface area contributed by atoms with Crippen molar-refractivity contribution < 1.29 is 18.9 Å². The molecule has 0 unspecified atom stereocenters. The Morgan fingerprint density at radius 1 is 1.04 bits per heavy atom. The maximum atomic E-state index is 5.67. The largest absolute Gasteiger partial charge is 0.497 e. The van der Waals surface area contributed by atoms with Crippen LogP contribution in [0.5, 0.6) is 23.0 Å². The van der Waals surface area contributed by atoms with Gasteiger partial charge in [-0.3, -0.25) is 0 Å². The summed E-state index contributed by atoms with van der Waals surface area (Å²) < 4.78 is 23.1. The normalized spacial score (nSPS) is 13.4. The first-order chi connectivity index (χ1) is 12.3. The van der Waals surface area contributed by atoms with E-state index in [9.17, 15) is 0 Å². The lowest BCUT2D eigenvalue weighted by Gasteiger charge is -2.20. The summed E-state index contributed by atoms with van der Waals surface area (Å²) in [4.78, 5) is 4.62. The Balaban J connectivity index is 1.65. The average Bonchev–Trinajstić information content (AvgIpc) is 3.07. The molecule has 0 spiro atoms. The van der Waals surface area contributed by atoms with Gasteiger partial charge in [0.05, 0.1) is 24.4 Å². The van der Waals surface area contributed by atoms with Crippen molar-refractivity contribution in [1.29, 1.82) is 0 Å². The van der Waals surface area contributed by atoms with E-state index in [0.29, 0.717) is 30.5 Å². The number of benzene rings is 2. The molecule has 128 valence electrons. The van der Waals surface area contributed by atoms with Crippen molar-refractivity contribution in [2.24, 2.45) is 0 Å². The van der Waals surface area contributed by atoms with Crippen LogP contribution in [0.2, 0.25) is 0 Å². The van der Waals surface area contributed by atoms with Crippen LogP contribution in [0.25, 0.3) is 22.4 Å². The second-order valence-corrected chi connectivity index (χ2v) is 6.53. The van der Waals surface area contributed by atoms with Crippen molar-refractivity contribution in [1.82, 2.24) is 4.98 Å². The molecule has 0 saturated carbocycles. The van der Waals surface area contributed by atoms with Crippen LogP contribution in [-0.4, -0.2) is 32.4 Å². The van der Waals surface area contributed by atoms with Gasteiger partial charge in [0.15, 0.2) is 11.5 Å². The second kappa shape index (κ2) is 6.64. The van der Waals surface area contributed by atoms with Gasteiger partial charge < -0.3 is 18.9 Å². The molecule has 0 saturated heterocycles. The molecule has 25 heavy (non-hydrogen) atoms. The Morgan fingerprint density at radius 2 is 1.92 bits per heavy atom. The molecule has 2 aromatic carbocycles. The molecule has 4 rings (SSSR count). The summed E-state index contributed by atoms with van der Waals surface area (Å²) in [6.45, 7) is 1.08. The van der Waals surface area contributed by atoms with E-state index in [1.165, 1.54) is 0 Å². The number of nitrogens with zero attached hydrogens (tertiary/aromatic N) is 1. The fourth-order valence-corrected chi connectivity index (χ4v) is 3.58. The number of ether oxygens (including phenoxy) is 4. The Hall–Kier alpha value is -2.73. The molecular weight excluding hydrogens is 338 g/mol. The monoisotopic (exact) mass is 355 g/mol. The molecule has 6 heteroatoms. The van der Waals surface area contributed by atoms with E-state index in [1.807, 2.05) is 42.5 Å². The first kappa shape index (κ1) is 15.8. The minimum absolute atomic E-state index is 0.535. The zero-order valence-electron chi connectivity index (χ0n) is 13.9. The first-order valence-corrected chi connectivity index (χ1v) is 8.69. The van der Waals surface area contributed by atoms with Gasteiger partial charge in [-0.15, -0.1) is 11.3 Å². The maximum absolute atomic E-state index is 5.67. The highest BCUT2D eigenvalue weighted by molar-refractivity contribution is 7.19. The molecular formula is C19H17NO4S. The zero-order chi connectivity index (χ0) is 17.2. The van der Waals surface area contributed by atoms with Crippen molar-refractivity contribution in [2.45, 2.75) is 0 Å². The minimum Gasteiger partial charge on any atom is -0.497 e. The third-order valence-electron chi connectivity index (χ3n) is 3.88. The van der Waals surface area contributed by atoms with Crippen LogP contribution in [0.15, 0.2) is 30.3 Å². The second-order valence-electron chi connectivity index (χ2n) is 5.47. The standard InChI is InChI=1S/C19H17NO4S/c1-21-13-4-5-14-17(11-13)25-18(20-14)6-3-12-9-15(22-2)19-16(10-12)23-7-8-24-19/h3-6,9-11H,7-8H2,1-2H3/b6-3+. The van der Waals surface area contributed by atoms with Crippen molar-refractivity contribution >= 4 is 33.7 Å². The Labute approximate surface area is 149 Å². The van der Waals surface area contributed by atoms with Gasteiger partial charge in [0.1, 0.15) is 24.0 Å². The Bertz CT molecular complexity index is 931. The quantitative estimate of drug-likeness (QED) is 0.700. The van der Waals surface area contributed by atoms with Crippen molar-refractivity contribution in [3.63, 3.8) is 0 Å². The maximum Gasteiger partial charge on any atom is 0.203 e. The van der Waals surface area contributed by atoms with Gasteiger partial charge in [-0.2, -0.15) is 0 Å². The van der Waals surface area contributed by atoms with Gasteiger partial charge in [0, 0.05) is 0 Å². The molecule has 0 N–H and O–H groups in total. The van der Waals surface area contributed by atoms with Crippen molar-refractivity contribution in [3.8, 4) is 23.0 Å². The molecule has 0 fully saturated rings. The minimum atomic E-state index is 0.535. The fourth-order valence-electron chi connectivity index (χ4n) is 2.68. The van der Waals surface area contributed by atoms with Gasteiger partial charge in [-0.05, 0) is 42.0 Å². The van der Waals surface area contributed by atoms with Crippen LogP contribution in [0.3, 0.4) is 0 Å². The molecule has 1 aliphatic heterocycles. The van der Waals surface area contributed by atoms with E-state index in [1.54, 1.807) is 25.6 Å². The van der Waals surface area contributed by atoms with Gasteiger partial charge in [-0.25, -0.2) is 4.98 Å². The number of methoxy groups -OCH3 is 2. The summed E-state index contributed by atoms with van der Waals surface area (Å²) in [5.41, 5.74) is 1.93. The van der Waals surface area contributed by atoms with Crippen LogP contribution in [0.1, 0.15) is 10.6 Å². The fraction of sp³-hybridized carbons (Fsp3) is 0.211. The van der Waals surface area contributed by atoms with Crippen LogP contribution in [0.4, 0.5) is 0 Å². The molecule has 0 aliphatic carbocycles. The smallest absolute Gasteiger partial charge is 0.203 e. The third-order valence-corrected chi connectivity index (χ3v) is 4.86. The molecule has 3 aromatic rings. The SMILES string of the molecule is COc1ccc2nc(/C=C/c3cc(OC)c4c(c3)OCCO4)sc2c1. The highest BCUT2D eigenvalue weighted by Crippen LogP contribution is 2.40. The summed E-state index contributed by atoms with van der Waals surface area (Å²) in [5.74, 6) is 2.88. The van der Waals surface area contributed by atoms with E-state index >= 15 is 0 Å². The summed E-state index contributed by atoms with van der Waals surface area (Å²) in [6, 6.07) is 9.76. The van der Waals surface area contributed by atoms with Gasteiger partial charge >= 0.3 is 0 Å². The third kappa shape index (κ3) is 3.13. The highest BCUT2D eigenvalue weighted by atomic mass is 32.1. The van der Waals surface area contributed by atoms with Crippen LogP contribution < -0.4 is 18.9 Å². The summed E-state index contributed by atoms with van der Waals surface area (Å²) >= 11 is 1.62. The van der Waals surface area contributed by atoms with Crippen LogP contribution >= 0.6 is 11.3 Å². The highest BCUT2D eigenvalue weighted by Gasteiger charge is 2.17. The van der Waals surface area contributed by atoms with Crippen LogP contribution in [0, 0.1) is 0 Å². The number of thiazole rings is 1. The van der Waals surface area contributed by atoms with Crippen molar-refractivity contribution in [3.05, 3.63) is 40.9 Å².